The second-order valence-corrected chi connectivity index (χ2v) is 9.57. The molecule has 0 aliphatic heterocycles. The highest BCUT2D eigenvalue weighted by atomic mass is 16.6. The third kappa shape index (κ3) is 5.95. The Labute approximate surface area is 239 Å². The van der Waals surface area contributed by atoms with Crippen molar-refractivity contribution in [2.75, 3.05) is 20.0 Å². The topological polar surface area (TPSA) is 108 Å². The van der Waals surface area contributed by atoms with Crippen LogP contribution in [0.2, 0.25) is 0 Å². The van der Waals surface area contributed by atoms with E-state index in [1.54, 1.807) is 48.5 Å². The van der Waals surface area contributed by atoms with Crippen LogP contribution in [-0.2, 0) is 4.74 Å². The van der Waals surface area contributed by atoms with Gasteiger partial charge in [0.1, 0.15) is 48.8 Å². The molecule has 0 spiro atoms. The van der Waals surface area contributed by atoms with Crippen molar-refractivity contribution in [3.8, 4) is 33.8 Å². The molecule has 0 radical (unpaired) electrons. The molecular weight excluding hydrogens is 536 g/mol. The van der Waals surface area contributed by atoms with Crippen molar-refractivity contribution < 1.29 is 28.2 Å². The molecule has 0 aliphatic carbocycles. The van der Waals surface area contributed by atoms with Gasteiger partial charge in [0.25, 0.3) is 0 Å². The molecule has 0 bridgehead atoms. The van der Waals surface area contributed by atoms with E-state index in [9.17, 15) is 14.7 Å². The first kappa shape index (κ1) is 27.0. The van der Waals surface area contributed by atoms with E-state index in [0.29, 0.717) is 44.6 Å². The second-order valence-electron chi connectivity index (χ2n) is 9.57. The zero-order valence-corrected chi connectivity index (χ0v) is 22.4. The molecule has 0 unspecified atom stereocenters. The fourth-order valence-corrected chi connectivity index (χ4v) is 4.65. The van der Waals surface area contributed by atoms with Crippen molar-refractivity contribution >= 4 is 21.9 Å². The first-order valence-corrected chi connectivity index (χ1v) is 13.3. The maximum atomic E-state index is 12.5. The molecule has 2 heterocycles. The molecule has 0 aliphatic rings. The largest absolute Gasteiger partial charge is 0.491 e. The summed E-state index contributed by atoms with van der Waals surface area (Å²) in [5, 5.41) is 10.8. The first-order valence-electron chi connectivity index (χ1n) is 13.3. The summed E-state index contributed by atoms with van der Waals surface area (Å²) in [6, 6.07) is 32.5. The predicted octanol–water partition coefficient (Wildman–Crippen LogP) is 6.03. The van der Waals surface area contributed by atoms with Crippen LogP contribution in [0.3, 0.4) is 0 Å². The van der Waals surface area contributed by atoms with E-state index in [1.807, 2.05) is 60.7 Å². The van der Waals surface area contributed by atoms with Gasteiger partial charge < -0.3 is 28.2 Å². The average molecular weight is 563 g/mol. The fraction of sp³-hybridized carbons (Fsp3) is 0.118. The van der Waals surface area contributed by atoms with Gasteiger partial charge in [-0.15, -0.1) is 0 Å². The Morgan fingerprint density at radius 2 is 1.05 bits per heavy atom. The van der Waals surface area contributed by atoms with Crippen LogP contribution in [0.15, 0.2) is 128 Å². The molecule has 0 atom stereocenters. The lowest BCUT2D eigenvalue weighted by atomic mass is 10.1. The Morgan fingerprint density at radius 3 is 1.48 bits per heavy atom. The average Bonchev–Trinajstić information content (AvgIpc) is 3.02. The molecule has 0 saturated carbocycles. The monoisotopic (exact) mass is 562 g/mol. The molecule has 2 aromatic heterocycles. The Bertz CT molecular complexity index is 1800. The summed E-state index contributed by atoms with van der Waals surface area (Å²) < 4.78 is 28.4. The van der Waals surface area contributed by atoms with E-state index in [2.05, 4.69) is 0 Å². The fourth-order valence-electron chi connectivity index (χ4n) is 4.65. The van der Waals surface area contributed by atoms with Gasteiger partial charge in [-0.1, -0.05) is 60.7 Å². The second kappa shape index (κ2) is 12.1. The predicted molar refractivity (Wildman–Crippen MR) is 159 cm³/mol. The van der Waals surface area contributed by atoms with E-state index in [-0.39, 0.29) is 13.2 Å². The number of fused-ring (bicyclic) bond motifs is 2. The Morgan fingerprint density at radius 1 is 0.595 bits per heavy atom. The number of hydrogen-bond acceptors (Lipinski definition) is 8. The van der Waals surface area contributed by atoms with Gasteiger partial charge in [-0.25, -0.2) is 9.59 Å². The lowest BCUT2D eigenvalue weighted by molar-refractivity contribution is -0.0792. The van der Waals surface area contributed by atoms with E-state index >= 15 is 0 Å². The van der Waals surface area contributed by atoms with Crippen molar-refractivity contribution in [1.82, 2.24) is 0 Å². The number of aliphatic hydroxyl groups is 1. The van der Waals surface area contributed by atoms with Gasteiger partial charge in [0.2, 0.25) is 0 Å². The van der Waals surface area contributed by atoms with Crippen molar-refractivity contribution in [1.29, 1.82) is 0 Å². The molecule has 6 aromatic rings. The minimum Gasteiger partial charge on any atom is -0.491 e. The number of rotatable bonds is 10. The molecule has 0 fully saturated rings. The summed E-state index contributed by atoms with van der Waals surface area (Å²) in [5.74, 6) is 1.08. The highest BCUT2D eigenvalue weighted by Crippen LogP contribution is 2.26. The zero-order chi connectivity index (χ0) is 28.9. The van der Waals surface area contributed by atoms with E-state index < -0.39 is 24.1 Å². The first-order chi connectivity index (χ1) is 20.6. The smallest absolute Gasteiger partial charge is 0.344 e. The normalized spacial score (nSPS) is 11.3. The molecule has 42 heavy (non-hydrogen) atoms. The van der Waals surface area contributed by atoms with Gasteiger partial charge in [0, 0.05) is 10.8 Å². The molecule has 1 N–H and O–H groups in total. The molecule has 0 amide bonds. The van der Waals surface area contributed by atoms with E-state index in [1.165, 1.54) is 0 Å². The summed E-state index contributed by atoms with van der Waals surface area (Å²) in [6.07, 6.45) is -0.594. The van der Waals surface area contributed by atoms with Crippen LogP contribution >= 0.6 is 0 Å². The summed E-state index contributed by atoms with van der Waals surface area (Å²) in [5.41, 5.74) is 2.51. The van der Waals surface area contributed by atoms with Gasteiger partial charge >= 0.3 is 11.3 Å². The number of benzene rings is 4. The number of hydrogen-bond donors (Lipinski definition) is 1. The molecule has 210 valence electrons. The van der Waals surface area contributed by atoms with Crippen LogP contribution in [0.5, 0.6) is 11.5 Å². The number of aliphatic hydroxyl groups excluding tert-OH is 1. The summed E-state index contributed by atoms with van der Waals surface area (Å²) in [4.78, 5) is 25.0. The summed E-state index contributed by atoms with van der Waals surface area (Å²) in [6.45, 7) is -0.325. The maximum Gasteiger partial charge on any atom is 0.344 e. The Kier molecular flexibility index (Phi) is 7.81. The molecule has 8 nitrogen and oxygen atoms in total. The van der Waals surface area contributed by atoms with Gasteiger partial charge in [-0.05, 0) is 59.7 Å². The van der Waals surface area contributed by atoms with Crippen molar-refractivity contribution in [2.24, 2.45) is 0 Å². The van der Waals surface area contributed by atoms with Crippen LogP contribution in [0, 0.1) is 0 Å². The Hall–Kier alpha value is -5.18. The molecular formula is C34H26O8. The summed E-state index contributed by atoms with van der Waals surface area (Å²) >= 11 is 0. The third-order valence-electron chi connectivity index (χ3n) is 6.76. The van der Waals surface area contributed by atoms with Crippen molar-refractivity contribution in [3.05, 3.63) is 130 Å². The van der Waals surface area contributed by atoms with Crippen molar-refractivity contribution in [2.45, 2.75) is 6.10 Å². The van der Waals surface area contributed by atoms with Crippen LogP contribution < -0.4 is 20.7 Å². The van der Waals surface area contributed by atoms with Crippen LogP contribution in [0.1, 0.15) is 0 Å². The van der Waals surface area contributed by atoms with Gasteiger partial charge in [0.15, 0.2) is 0 Å². The van der Waals surface area contributed by atoms with Gasteiger partial charge in [0.05, 0.1) is 11.1 Å². The lowest BCUT2D eigenvalue weighted by Gasteiger charge is -2.18. The summed E-state index contributed by atoms with van der Waals surface area (Å²) in [7, 11) is 0. The van der Waals surface area contributed by atoms with E-state index in [4.69, 9.17) is 23.0 Å². The van der Waals surface area contributed by atoms with Gasteiger partial charge in [-0.3, -0.25) is 0 Å². The lowest BCUT2D eigenvalue weighted by Crippen LogP contribution is -2.29. The quantitative estimate of drug-likeness (QED) is 0.159. The Balaban J connectivity index is 1.16. The molecule has 0 saturated heterocycles. The van der Waals surface area contributed by atoms with Gasteiger partial charge in [-0.2, -0.15) is 0 Å². The number of ether oxygens (including phenoxy) is 3. The highest BCUT2D eigenvalue weighted by molar-refractivity contribution is 5.84. The zero-order valence-electron chi connectivity index (χ0n) is 22.4. The molecule has 4 aromatic carbocycles. The van der Waals surface area contributed by atoms with Crippen LogP contribution in [0.25, 0.3) is 44.2 Å². The third-order valence-corrected chi connectivity index (χ3v) is 6.76. The standard InChI is InChI=1S/C34H26O8/c35-21-40-28(19-38-26-11-13-31-24(15-26)17-29(33(36)41-31)22-7-3-1-4-8-22)20-39-27-12-14-32-25(16-27)18-30(34(37)42-32)23-9-5-2-6-10-23/h1-18,28,35H,19-21H2. The van der Waals surface area contributed by atoms with Crippen molar-refractivity contribution in [3.63, 3.8) is 0 Å². The SMILES string of the molecule is O=c1oc2ccc(OCC(COc3ccc4oc(=O)c(-c5ccccc5)cc4c3)OCO)cc2cc1-c1ccccc1. The van der Waals surface area contributed by atoms with Crippen LogP contribution in [-0.4, -0.2) is 31.2 Å². The minimum absolute atomic E-state index is 0.0923. The molecule has 8 heteroatoms. The highest BCUT2D eigenvalue weighted by Gasteiger charge is 2.14. The minimum atomic E-state index is -0.594. The van der Waals surface area contributed by atoms with Crippen LogP contribution in [0.4, 0.5) is 0 Å². The molecule has 6 rings (SSSR count). The maximum absolute atomic E-state index is 12.5. The van der Waals surface area contributed by atoms with E-state index in [0.717, 1.165) is 11.1 Å².